The number of imidazole rings is 3. The van der Waals surface area contributed by atoms with E-state index in [9.17, 15) is 83.1 Å². The molecule has 3 aliphatic rings. The van der Waals surface area contributed by atoms with Gasteiger partial charge in [0.15, 0.2) is 25.6 Å². The number of carbonyl (C=O) groups is 1. The van der Waals surface area contributed by atoms with Crippen LogP contribution in [0.1, 0.15) is 106 Å². The van der Waals surface area contributed by atoms with Crippen LogP contribution in [0.5, 0.6) is 17.2 Å². The number of Topliss-reactive ketones (excluding diaryl/α,β-unsaturated/α-hetero) is 1. The monoisotopic (exact) mass is 1540 g/mol. The Kier molecular flexibility index (Phi) is 20.3. The third kappa shape index (κ3) is 17.4. The number of ketones is 1. The number of nitrogens with two attached hydrogens (primary N) is 1. The molecule has 6 N–H and O–H groups in total. The van der Waals surface area contributed by atoms with Crippen LogP contribution in [0, 0.1) is 0 Å². The molecular weight excluding hydrogens is 1480 g/mol. The Morgan fingerprint density at radius 2 is 0.796 bits per heavy atom. The second-order valence-corrected chi connectivity index (χ2v) is 29.4. The zero-order chi connectivity index (χ0) is 77.0. The summed E-state index contributed by atoms with van der Waals surface area (Å²) in [6.45, 7) is -2.91. The Balaban J connectivity index is 0.000000143. The van der Waals surface area contributed by atoms with E-state index in [1.165, 1.54) is 55.5 Å². The van der Waals surface area contributed by atoms with Gasteiger partial charge in [0.25, 0.3) is 0 Å². The molecule has 12 aromatic rings. The lowest BCUT2D eigenvalue weighted by atomic mass is 9.97. The Bertz CT molecular complexity index is 5560. The number of primary sulfonamides is 1. The molecule has 16 nitrogen and oxygen atoms in total. The molecule has 3 heterocycles. The van der Waals surface area contributed by atoms with Crippen LogP contribution >= 0.6 is 0 Å². The number of hydrogen-bond donors (Lipinski definition) is 5. The van der Waals surface area contributed by atoms with Crippen molar-refractivity contribution in [1.82, 2.24) is 29.9 Å². The maximum Gasteiger partial charge on any atom is 0.516 e. The zero-order valence-corrected chi connectivity index (χ0v) is 57.7. The van der Waals surface area contributed by atoms with Gasteiger partial charge >= 0.3 is 40.0 Å². The predicted molar refractivity (Wildman–Crippen MR) is 374 cm³/mol. The van der Waals surface area contributed by atoms with Gasteiger partial charge in [-0.3, -0.25) is 9.52 Å². The van der Waals surface area contributed by atoms with E-state index < -0.39 is 69.8 Å². The van der Waals surface area contributed by atoms with Crippen LogP contribution in [0.15, 0.2) is 205 Å². The smallest absolute Gasteiger partial charge is 0.487 e. The topological polar surface area (TPSA) is 237 Å². The van der Waals surface area contributed by atoms with E-state index in [0.717, 1.165) is 80.8 Å². The molecule has 108 heavy (non-hydrogen) atoms. The molecule has 0 bridgehead atoms. The summed E-state index contributed by atoms with van der Waals surface area (Å²) in [6, 6.07) is 55.2. The van der Waals surface area contributed by atoms with Crippen LogP contribution in [-0.2, 0) is 20.0 Å². The standard InChI is InChI=1S/C27H21F5N2O2.C25H19F6N3O3S.C24H20F3N3O3S/c1-15(35)19-4-2-3-5-20(19)17-8-11-23-24(12-17)34-25(33-23)22-13-21(22)16-6-9-18(10-7-16)36-14-26(28,29)27(30,31)32;26-24(27,28)13-37-16-8-5-14(6-9-16)18-12-19(18)23-32-21-10-7-15(11-22(21)33-23)17-3-1-2-4-20(17)34-38(35,36)25(29,30)31;25-24(26,27)13-33-16-8-5-14(6-9-16)18-12-19(18)23-29-20-10-7-15(11-21(20)30-23)17-3-1-2-4-22(17)34(28,31)32/h2-12,21-22H,13-14H2,1H3,(H,33,34);1-11,18-19,34H,12-13H2,(H,32,33);1-11,18-19H,12-13H2,(H,29,30)(H2,28,31,32). The van der Waals surface area contributed by atoms with Crippen LogP contribution in [0.3, 0.4) is 0 Å². The first-order valence-corrected chi connectivity index (χ1v) is 36.1. The summed E-state index contributed by atoms with van der Waals surface area (Å²) >= 11 is 0. The number of nitrogens with one attached hydrogen (secondary N) is 4. The van der Waals surface area contributed by atoms with Gasteiger partial charge in [0.2, 0.25) is 10.0 Å². The zero-order valence-electron chi connectivity index (χ0n) is 56.1. The summed E-state index contributed by atoms with van der Waals surface area (Å²) in [5.74, 6) is -1.53. The fourth-order valence-electron chi connectivity index (χ4n) is 12.8. The summed E-state index contributed by atoms with van der Waals surface area (Å²) in [4.78, 5) is 36.0. The van der Waals surface area contributed by atoms with Gasteiger partial charge < -0.3 is 29.2 Å². The van der Waals surface area contributed by atoms with Crippen LogP contribution in [0.4, 0.5) is 67.2 Å². The molecule has 0 radical (unpaired) electrons. The highest BCUT2D eigenvalue weighted by Gasteiger charge is 2.58. The van der Waals surface area contributed by atoms with E-state index in [-0.39, 0.29) is 74.7 Å². The number of alkyl halides is 14. The average molecular weight is 1540 g/mol. The molecule has 0 aliphatic heterocycles. The molecule has 0 saturated heterocycles. The van der Waals surface area contributed by atoms with Crippen molar-refractivity contribution in [2.75, 3.05) is 24.5 Å². The van der Waals surface area contributed by atoms with Crippen LogP contribution < -0.4 is 24.1 Å². The number of anilines is 1. The summed E-state index contributed by atoms with van der Waals surface area (Å²) in [5, 5.41) is 5.37. The second-order valence-electron chi connectivity index (χ2n) is 26.2. The van der Waals surface area contributed by atoms with Crippen LogP contribution in [0.2, 0.25) is 0 Å². The number of benzene rings is 9. The summed E-state index contributed by atoms with van der Waals surface area (Å²) in [7, 11) is -9.47. The summed E-state index contributed by atoms with van der Waals surface area (Å²) < 4.78 is 239. The van der Waals surface area contributed by atoms with Crippen molar-refractivity contribution in [2.24, 2.45) is 5.14 Å². The molecule has 3 fully saturated rings. The van der Waals surface area contributed by atoms with Crippen molar-refractivity contribution < 1.29 is 97.3 Å². The first-order chi connectivity index (χ1) is 50.9. The van der Waals surface area contributed by atoms with Gasteiger partial charge in [-0.15, -0.1) is 0 Å². The minimum Gasteiger partial charge on any atom is -0.487 e. The van der Waals surface area contributed by atoms with Crippen molar-refractivity contribution >= 4 is 64.6 Å². The van der Waals surface area contributed by atoms with Gasteiger partial charge in [0.1, 0.15) is 34.7 Å². The maximum absolute atomic E-state index is 13.1. The number of sulfonamides is 2. The number of halogens is 14. The highest BCUT2D eigenvalue weighted by Crippen LogP contribution is 2.57. The van der Waals surface area contributed by atoms with Crippen molar-refractivity contribution in [3.8, 4) is 50.6 Å². The second kappa shape index (κ2) is 29.0. The van der Waals surface area contributed by atoms with Gasteiger partial charge in [-0.05, 0) is 168 Å². The molecule has 3 aliphatic carbocycles. The quantitative estimate of drug-likeness (QED) is 0.0355. The number of hydrogen-bond acceptors (Lipinski definition) is 11. The largest absolute Gasteiger partial charge is 0.516 e. The van der Waals surface area contributed by atoms with Gasteiger partial charge in [0, 0.05) is 34.4 Å². The fraction of sp³-hybridized carbons (Fsp3) is 0.237. The van der Waals surface area contributed by atoms with E-state index in [1.807, 2.05) is 48.5 Å². The lowest BCUT2D eigenvalue weighted by molar-refractivity contribution is -0.290. The number of carbonyl (C=O) groups excluding carboxylic acids is 1. The number of para-hydroxylation sites is 1. The van der Waals surface area contributed by atoms with Gasteiger partial charge in [-0.25, -0.2) is 28.5 Å². The molecule has 0 amide bonds. The van der Waals surface area contributed by atoms with E-state index >= 15 is 0 Å². The Morgan fingerprint density at radius 3 is 1.18 bits per heavy atom. The number of rotatable bonds is 20. The van der Waals surface area contributed by atoms with Crippen LogP contribution in [-0.4, -0.2) is 102 Å². The van der Waals surface area contributed by atoms with E-state index in [1.54, 1.807) is 108 Å². The Labute approximate surface area is 605 Å². The van der Waals surface area contributed by atoms with Crippen LogP contribution in [0.25, 0.3) is 66.5 Å². The SMILES string of the molecule is CC(=O)c1ccccc1-c1ccc2nc(C3CC3c3ccc(OCC(F)(F)C(F)(F)F)cc3)[nH]c2c1.NS(=O)(=O)c1ccccc1-c1ccc2nc(C3CC3c3ccc(OCC(F)(F)F)cc3)[nH]c2c1.O=S(=O)(Nc1ccccc1-c1ccc2nc(C3CC3c3ccc(OCC(F)(F)F)cc3)[nH]c2c1)C(F)(F)F. The highest BCUT2D eigenvalue weighted by atomic mass is 32.2. The molecule has 3 saturated carbocycles. The van der Waals surface area contributed by atoms with Crippen molar-refractivity contribution in [1.29, 1.82) is 0 Å². The highest BCUT2D eigenvalue weighted by molar-refractivity contribution is 7.93. The Morgan fingerprint density at radius 1 is 0.444 bits per heavy atom. The minimum absolute atomic E-state index is 0.0118. The lowest BCUT2D eigenvalue weighted by Crippen LogP contribution is -2.41. The first kappa shape index (κ1) is 75.4. The minimum atomic E-state index is -5.65. The van der Waals surface area contributed by atoms with Gasteiger partial charge in [-0.2, -0.15) is 69.9 Å². The third-order valence-electron chi connectivity index (χ3n) is 18.4. The van der Waals surface area contributed by atoms with E-state index in [0.29, 0.717) is 39.1 Å². The number of aromatic amines is 3. The molecule has 0 spiro atoms. The van der Waals surface area contributed by atoms with E-state index in [4.69, 9.17) is 19.6 Å². The predicted octanol–water partition coefficient (Wildman–Crippen LogP) is 19.1. The van der Waals surface area contributed by atoms with Crippen molar-refractivity contribution in [2.45, 2.75) is 96.5 Å². The van der Waals surface area contributed by atoms with E-state index in [2.05, 4.69) is 29.7 Å². The van der Waals surface area contributed by atoms with Gasteiger partial charge in [0.05, 0.1) is 43.7 Å². The van der Waals surface area contributed by atoms with Crippen molar-refractivity contribution in [3.05, 3.63) is 240 Å². The molecule has 6 atom stereocenters. The van der Waals surface area contributed by atoms with Crippen molar-refractivity contribution in [3.63, 3.8) is 0 Å². The van der Waals surface area contributed by atoms with Gasteiger partial charge in [-0.1, -0.05) is 115 Å². The number of H-pyrrole nitrogens is 3. The molecule has 9 aromatic carbocycles. The molecule has 6 unspecified atom stereocenters. The molecule has 562 valence electrons. The maximum atomic E-state index is 13.1. The molecular formula is C76H60F14N8O8S2. The number of ether oxygens (including phenoxy) is 3. The third-order valence-corrected chi connectivity index (χ3v) is 20.5. The molecule has 15 rings (SSSR count). The average Bonchev–Trinajstić information content (AvgIpc) is 1.60. The normalized spacial score (nSPS) is 18.0. The number of fused-ring (bicyclic) bond motifs is 3. The first-order valence-electron chi connectivity index (χ1n) is 33.1. The summed E-state index contributed by atoms with van der Waals surface area (Å²) in [6.07, 6.45) is -12.0. The summed E-state index contributed by atoms with van der Waals surface area (Å²) in [5.41, 5.74) is 5.97. The Hall–Kier alpha value is -10.9. The molecule has 3 aromatic heterocycles. The fourth-order valence-corrected chi connectivity index (χ4v) is 14.1. The lowest BCUT2D eigenvalue weighted by Gasteiger charge is -2.19. The number of nitrogens with zero attached hydrogens (tertiary/aromatic N) is 3. The molecule has 32 heteroatoms. The number of aromatic nitrogens is 6.